The Hall–Kier alpha value is -1.64. The van der Waals surface area contributed by atoms with Crippen molar-refractivity contribution >= 4 is 11.5 Å². The van der Waals surface area contributed by atoms with E-state index in [0.717, 1.165) is 18.6 Å². The van der Waals surface area contributed by atoms with E-state index in [4.69, 9.17) is 5.73 Å². The van der Waals surface area contributed by atoms with Gasteiger partial charge in [-0.3, -0.25) is 0 Å². The third kappa shape index (κ3) is 1.91. The number of hydrogen-bond acceptors (Lipinski definition) is 3. The van der Waals surface area contributed by atoms with Crippen LogP contribution in [0.25, 0.3) is 0 Å². The van der Waals surface area contributed by atoms with Crippen molar-refractivity contribution in [3.8, 4) is 0 Å². The first-order chi connectivity index (χ1) is 7.18. The fourth-order valence-corrected chi connectivity index (χ4v) is 1.92. The third-order valence-corrected chi connectivity index (χ3v) is 2.69. The average Bonchev–Trinajstić information content (AvgIpc) is 2.20. The predicted octanol–water partition coefficient (Wildman–Crippen LogP) is 2.16. The summed E-state index contributed by atoms with van der Waals surface area (Å²) in [5.74, 6) is 0.630. The van der Waals surface area contributed by atoms with Crippen molar-refractivity contribution in [3.05, 3.63) is 34.9 Å². The van der Waals surface area contributed by atoms with Crippen LogP contribution in [0.4, 0.5) is 0 Å². The van der Waals surface area contributed by atoms with Gasteiger partial charge < -0.3 is 5.73 Å². The molecule has 15 heavy (non-hydrogen) atoms. The normalized spacial score (nSPS) is 15.9. The topological polar surface area (TPSA) is 50.7 Å². The van der Waals surface area contributed by atoms with Crippen LogP contribution < -0.4 is 5.73 Å². The van der Waals surface area contributed by atoms with E-state index in [1.54, 1.807) is 0 Å². The van der Waals surface area contributed by atoms with E-state index in [-0.39, 0.29) is 0 Å². The molecule has 0 saturated carbocycles. The molecule has 1 heterocycles. The van der Waals surface area contributed by atoms with Crippen LogP contribution in [0.1, 0.15) is 29.5 Å². The molecule has 0 bridgehead atoms. The molecule has 0 radical (unpaired) electrons. The van der Waals surface area contributed by atoms with Gasteiger partial charge in [0.25, 0.3) is 0 Å². The van der Waals surface area contributed by atoms with E-state index in [1.165, 1.54) is 16.7 Å². The van der Waals surface area contributed by atoms with Crippen LogP contribution in [-0.4, -0.2) is 11.5 Å². The summed E-state index contributed by atoms with van der Waals surface area (Å²) in [7, 11) is 0. The number of nitrogens with two attached hydrogens (primary N) is 1. The molecular formula is C12H15N3. The van der Waals surface area contributed by atoms with Crippen molar-refractivity contribution in [2.75, 3.05) is 0 Å². The van der Waals surface area contributed by atoms with Gasteiger partial charge in [0.15, 0.2) is 0 Å². The van der Waals surface area contributed by atoms with Gasteiger partial charge in [-0.1, -0.05) is 18.2 Å². The van der Waals surface area contributed by atoms with Gasteiger partial charge in [-0.25, -0.2) is 0 Å². The molecule has 0 saturated heterocycles. The predicted molar refractivity (Wildman–Crippen MR) is 63.3 cm³/mol. The zero-order valence-electron chi connectivity index (χ0n) is 9.12. The molecule has 2 N–H and O–H groups in total. The van der Waals surface area contributed by atoms with Crippen LogP contribution in [0.2, 0.25) is 0 Å². The standard InChI is InChI=1S/C12H15N3/c1-8-4-3-5-9(2)12(8)10-6-7-11(13)15-14-10/h3-5H,6-7H2,1-2H3,(H2,13,15). The highest BCUT2D eigenvalue weighted by Crippen LogP contribution is 2.18. The fraction of sp³-hybridized carbons (Fsp3) is 0.333. The maximum atomic E-state index is 5.59. The number of aryl methyl sites for hydroxylation is 2. The Morgan fingerprint density at radius 2 is 1.73 bits per heavy atom. The highest BCUT2D eigenvalue weighted by atomic mass is 15.2. The van der Waals surface area contributed by atoms with Gasteiger partial charge in [0.1, 0.15) is 5.84 Å². The Labute approximate surface area is 89.7 Å². The molecule has 3 heteroatoms. The van der Waals surface area contributed by atoms with E-state index in [0.29, 0.717) is 5.84 Å². The van der Waals surface area contributed by atoms with Crippen LogP contribution in [0.3, 0.4) is 0 Å². The highest BCUT2D eigenvalue weighted by Gasteiger charge is 2.13. The Kier molecular flexibility index (Phi) is 2.54. The molecule has 1 aliphatic heterocycles. The SMILES string of the molecule is Cc1cccc(C)c1C1=NN=C(N)CC1. The summed E-state index contributed by atoms with van der Waals surface area (Å²) in [4.78, 5) is 0. The molecule has 0 fully saturated rings. The summed E-state index contributed by atoms with van der Waals surface area (Å²) in [6, 6.07) is 6.27. The van der Waals surface area contributed by atoms with E-state index in [9.17, 15) is 0 Å². The number of nitrogens with zero attached hydrogens (tertiary/aromatic N) is 2. The summed E-state index contributed by atoms with van der Waals surface area (Å²) in [5, 5.41) is 8.13. The number of hydrogen-bond donors (Lipinski definition) is 1. The maximum Gasteiger partial charge on any atom is 0.122 e. The lowest BCUT2D eigenvalue weighted by Gasteiger charge is -2.14. The van der Waals surface area contributed by atoms with Crippen molar-refractivity contribution in [2.24, 2.45) is 15.9 Å². The molecule has 2 rings (SSSR count). The summed E-state index contributed by atoms with van der Waals surface area (Å²) in [6.07, 6.45) is 1.70. The Morgan fingerprint density at radius 1 is 1.07 bits per heavy atom. The molecular weight excluding hydrogens is 186 g/mol. The summed E-state index contributed by atoms with van der Waals surface area (Å²) >= 11 is 0. The van der Waals surface area contributed by atoms with Crippen LogP contribution in [0, 0.1) is 13.8 Å². The van der Waals surface area contributed by atoms with Gasteiger partial charge in [0.05, 0.1) is 5.71 Å². The van der Waals surface area contributed by atoms with E-state index in [2.05, 4.69) is 42.2 Å². The average molecular weight is 201 g/mol. The smallest absolute Gasteiger partial charge is 0.122 e. The van der Waals surface area contributed by atoms with Crippen molar-refractivity contribution in [1.29, 1.82) is 0 Å². The summed E-state index contributed by atoms with van der Waals surface area (Å²) in [6.45, 7) is 4.21. The molecule has 1 aliphatic rings. The van der Waals surface area contributed by atoms with Gasteiger partial charge in [-0.05, 0) is 31.4 Å². The van der Waals surface area contributed by atoms with Crippen molar-refractivity contribution < 1.29 is 0 Å². The lowest BCUT2D eigenvalue weighted by atomic mass is 9.95. The van der Waals surface area contributed by atoms with E-state index < -0.39 is 0 Å². The largest absolute Gasteiger partial charge is 0.386 e. The Morgan fingerprint density at radius 3 is 2.27 bits per heavy atom. The molecule has 1 aromatic rings. The maximum absolute atomic E-state index is 5.59. The molecule has 3 nitrogen and oxygen atoms in total. The Balaban J connectivity index is 2.46. The third-order valence-electron chi connectivity index (χ3n) is 2.69. The first-order valence-electron chi connectivity index (χ1n) is 5.14. The minimum Gasteiger partial charge on any atom is -0.386 e. The van der Waals surface area contributed by atoms with Crippen molar-refractivity contribution in [3.63, 3.8) is 0 Å². The van der Waals surface area contributed by atoms with Crippen LogP contribution >= 0.6 is 0 Å². The molecule has 0 aliphatic carbocycles. The van der Waals surface area contributed by atoms with Crippen LogP contribution in [-0.2, 0) is 0 Å². The number of rotatable bonds is 1. The lowest BCUT2D eigenvalue weighted by Crippen LogP contribution is -2.18. The zero-order chi connectivity index (χ0) is 10.8. The van der Waals surface area contributed by atoms with E-state index >= 15 is 0 Å². The van der Waals surface area contributed by atoms with Gasteiger partial charge in [-0.2, -0.15) is 5.10 Å². The number of benzene rings is 1. The lowest BCUT2D eigenvalue weighted by molar-refractivity contribution is 1.02. The quantitative estimate of drug-likeness (QED) is 0.743. The minimum absolute atomic E-state index is 0.630. The second-order valence-electron chi connectivity index (χ2n) is 3.90. The van der Waals surface area contributed by atoms with Gasteiger partial charge in [0.2, 0.25) is 0 Å². The monoisotopic (exact) mass is 201 g/mol. The van der Waals surface area contributed by atoms with Crippen LogP contribution in [0.5, 0.6) is 0 Å². The molecule has 0 atom stereocenters. The van der Waals surface area contributed by atoms with Gasteiger partial charge in [0, 0.05) is 12.0 Å². The van der Waals surface area contributed by atoms with Gasteiger partial charge >= 0.3 is 0 Å². The van der Waals surface area contributed by atoms with Crippen molar-refractivity contribution in [1.82, 2.24) is 0 Å². The van der Waals surface area contributed by atoms with Crippen molar-refractivity contribution in [2.45, 2.75) is 26.7 Å². The molecule has 0 spiro atoms. The first kappa shape index (κ1) is 9.90. The van der Waals surface area contributed by atoms with E-state index in [1.807, 2.05) is 0 Å². The minimum atomic E-state index is 0.630. The fourth-order valence-electron chi connectivity index (χ4n) is 1.92. The number of amidine groups is 1. The zero-order valence-corrected chi connectivity index (χ0v) is 9.12. The molecule has 0 amide bonds. The second kappa shape index (κ2) is 3.85. The summed E-state index contributed by atoms with van der Waals surface area (Å²) in [5.41, 5.74) is 10.4. The molecule has 78 valence electrons. The molecule has 0 aromatic heterocycles. The highest BCUT2D eigenvalue weighted by molar-refractivity contribution is 6.06. The summed E-state index contributed by atoms with van der Waals surface area (Å²) < 4.78 is 0. The van der Waals surface area contributed by atoms with Gasteiger partial charge in [-0.15, -0.1) is 5.10 Å². The molecule has 0 unspecified atom stereocenters. The second-order valence-corrected chi connectivity index (χ2v) is 3.90. The Bertz CT molecular complexity index is 424. The van der Waals surface area contributed by atoms with Crippen LogP contribution in [0.15, 0.2) is 28.4 Å². The first-order valence-corrected chi connectivity index (χ1v) is 5.14. The molecule has 1 aromatic carbocycles.